The molecule has 320 valence electrons. The molecule has 0 unspecified atom stereocenters. The summed E-state index contributed by atoms with van der Waals surface area (Å²) < 4.78 is 6.75. The molecule has 0 saturated carbocycles. The van der Waals surface area contributed by atoms with Crippen molar-refractivity contribution in [2.45, 2.75) is 5.41 Å². The summed E-state index contributed by atoms with van der Waals surface area (Å²) in [6, 6.07) is 86.8. The van der Waals surface area contributed by atoms with Crippen LogP contribution in [0.2, 0.25) is 0 Å². The van der Waals surface area contributed by atoms with Crippen LogP contribution in [0.3, 0.4) is 0 Å². The van der Waals surface area contributed by atoms with E-state index in [2.05, 4.69) is 258 Å². The van der Waals surface area contributed by atoms with E-state index < -0.39 is 5.41 Å². The van der Waals surface area contributed by atoms with E-state index in [1.165, 1.54) is 50.1 Å². The van der Waals surface area contributed by atoms with Crippen LogP contribution in [0, 0.1) is 12.1 Å². The second-order valence-corrected chi connectivity index (χ2v) is 17.2. The van der Waals surface area contributed by atoms with E-state index in [0.29, 0.717) is 0 Å². The summed E-state index contributed by atoms with van der Waals surface area (Å²) in [4.78, 5) is 5.19. The van der Waals surface area contributed by atoms with E-state index in [0.717, 1.165) is 61.0 Å². The van der Waals surface area contributed by atoms with Crippen molar-refractivity contribution >= 4 is 32.8 Å². The summed E-state index contributed by atoms with van der Waals surface area (Å²) in [6.07, 6.45) is 4.12. The first-order valence-corrected chi connectivity index (χ1v) is 22.5. The summed E-state index contributed by atoms with van der Waals surface area (Å²) >= 11 is 0. The zero-order valence-electron chi connectivity index (χ0n) is 36.5. The maximum Gasteiger partial charge on any atom is 0.188 e. The van der Waals surface area contributed by atoms with Gasteiger partial charge in [-0.3, -0.25) is 0 Å². The van der Waals surface area contributed by atoms with Gasteiger partial charge in [0.25, 0.3) is 0 Å². The van der Waals surface area contributed by atoms with Crippen LogP contribution >= 0.6 is 0 Å². The number of pyridine rings is 1. The van der Waals surface area contributed by atoms with Crippen molar-refractivity contribution in [1.29, 1.82) is 0 Å². The molecule has 1 aliphatic rings. The Kier molecular flexibility index (Phi) is 9.82. The molecule has 5 heteroatoms. The first kappa shape index (κ1) is 40.6. The third-order valence-electron chi connectivity index (χ3n) is 13.7. The zero-order chi connectivity index (χ0) is 43.8. The molecule has 67 heavy (non-hydrogen) atoms. The number of aryl methyl sites for hydroxylation is 1. The maximum atomic E-state index is 5.19. The number of imidazole rings is 1. The minimum absolute atomic E-state index is 0. The summed E-state index contributed by atoms with van der Waals surface area (Å²) in [5.41, 5.74) is 18.5. The molecule has 0 radical (unpaired) electrons. The van der Waals surface area contributed by atoms with Crippen molar-refractivity contribution in [3.8, 4) is 56.0 Å². The summed E-state index contributed by atoms with van der Waals surface area (Å²) in [7, 11) is 2.10. The molecule has 12 aromatic rings. The Morgan fingerprint density at radius 1 is 0.463 bits per heavy atom. The Balaban J connectivity index is 0.00000468. The number of hydrogen-bond donors (Lipinski definition) is 0. The monoisotopic (exact) mass is 1040 g/mol. The van der Waals surface area contributed by atoms with Crippen molar-refractivity contribution < 1.29 is 21.1 Å². The van der Waals surface area contributed by atoms with Gasteiger partial charge in [-0.05, 0) is 91.4 Å². The van der Waals surface area contributed by atoms with Crippen LogP contribution in [-0.2, 0) is 33.5 Å². The second kappa shape index (κ2) is 16.2. The quantitative estimate of drug-likeness (QED) is 0.146. The van der Waals surface area contributed by atoms with Crippen LogP contribution in [0.1, 0.15) is 22.3 Å². The predicted octanol–water partition coefficient (Wildman–Crippen LogP) is 14.7. The number of para-hydroxylation sites is 3. The third kappa shape index (κ3) is 6.24. The normalized spacial score (nSPS) is 12.6. The Hall–Kier alpha value is -7.91. The molecule has 3 heterocycles. The SMILES string of the molecule is Cn1[cH+]n(-c2[c-]c(C3(c4[c-]c5c(cc4)c4ccccc4n5-c4cc(-c5c(-c6ccccc6)cccc5-c5ccccc5)ccn4)c4ccccc4-c4ccccc43)ccc2)c2ccccc21.[Pt]. The van der Waals surface area contributed by atoms with Crippen LogP contribution in [0.15, 0.2) is 231 Å². The van der Waals surface area contributed by atoms with Gasteiger partial charge in [-0.15, -0.1) is 22.6 Å². The molecule has 0 fully saturated rings. The number of hydrogen-bond acceptors (Lipinski definition) is 1. The van der Waals surface area contributed by atoms with E-state index >= 15 is 0 Å². The minimum atomic E-state index is -0.738. The molecule has 3 aromatic heterocycles. The topological polar surface area (TPSA) is 27.7 Å². The Morgan fingerprint density at radius 2 is 1.03 bits per heavy atom. The first-order chi connectivity index (χ1) is 32.7. The molecule has 0 N–H and O–H groups in total. The molecule has 0 spiro atoms. The molecular weight excluding hydrogens is 996 g/mol. The van der Waals surface area contributed by atoms with Gasteiger partial charge in [-0.25, -0.2) is 14.1 Å². The Bertz CT molecular complexity index is 3740. The van der Waals surface area contributed by atoms with Crippen molar-refractivity contribution in [2.75, 3.05) is 0 Å². The van der Waals surface area contributed by atoms with E-state index in [1.807, 2.05) is 6.20 Å². The molecule has 0 bridgehead atoms. The molecule has 0 amide bonds. The van der Waals surface area contributed by atoms with Gasteiger partial charge in [-0.2, -0.15) is 30.3 Å². The van der Waals surface area contributed by atoms with Crippen molar-refractivity contribution in [3.63, 3.8) is 0 Å². The average Bonchev–Trinajstić information content (AvgIpc) is 4.02. The molecule has 1 aliphatic carbocycles. The van der Waals surface area contributed by atoms with Crippen molar-refractivity contribution in [1.82, 2.24) is 18.7 Å². The number of benzene rings is 9. The van der Waals surface area contributed by atoms with Gasteiger partial charge in [0.05, 0.1) is 0 Å². The maximum absolute atomic E-state index is 5.19. The van der Waals surface area contributed by atoms with Gasteiger partial charge in [0.15, 0.2) is 17.4 Å². The van der Waals surface area contributed by atoms with E-state index in [-0.39, 0.29) is 21.1 Å². The number of rotatable bonds is 7. The fourth-order valence-electron chi connectivity index (χ4n) is 10.9. The van der Waals surface area contributed by atoms with Crippen molar-refractivity contribution in [2.24, 2.45) is 7.05 Å². The summed E-state index contributed by atoms with van der Waals surface area (Å²) in [6.45, 7) is 0. The van der Waals surface area contributed by atoms with Crippen LogP contribution in [0.4, 0.5) is 0 Å². The largest absolute Gasteiger partial charge is 0.319 e. The van der Waals surface area contributed by atoms with Crippen LogP contribution < -0.4 is 0 Å². The number of fused-ring (bicyclic) bond motifs is 7. The van der Waals surface area contributed by atoms with Gasteiger partial charge >= 0.3 is 0 Å². The number of nitrogens with zero attached hydrogens (tertiary/aromatic N) is 4. The van der Waals surface area contributed by atoms with Gasteiger partial charge in [0, 0.05) is 63.1 Å². The first-order valence-electron chi connectivity index (χ1n) is 22.5. The summed E-state index contributed by atoms with van der Waals surface area (Å²) in [5, 5.41) is 2.27. The van der Waals surface area contributed by atoms with Gasteiger partial charge < -0.3 is 4.57 Å². The fourth-order valence-corrected chi connectivity index (χ4v) is 10.9. The molecule has 9 aromatic carbocycles. The third-order valence-corrected chi connectivity index (χ3v) is 13.7. The molecule has 13 rings (SSSR count). The van der Waals surface area contributed by atoms with Gasteiger partial charge in [0.1, 0.15) is 5.82 Å². The minimum Gasteiger partial charge on any atom is -0.319 e. The molecule has 0 aliphatic heterocycles. The molecule has 0 atom stereocenters. The standard InChI is InChI=1S/C62H41N4.Pt/c1-64-41-65(58-33-15-14-32-57(58)64)47-23-16-22-45(39-47)62(54-29-11-8-24-50(54)51-25-9-12-30-55(51)62)46-34-35-53-52-26-10-13-31-56(52)66(59(53)40-46)60-38-44(36-37-63-60)61-48(42-18-4-2-5-19-42)27-17-28-49(61)43-20-6-3-7-21-43;/h2-38,41H,1H3;/q-1;. The summed E-state index contributed by atoms with van der Waals surface area (Å²) in [5.74, 6) is 0.830. The predicted molar refractivity (Wildman–Crippen MR) is 270 cm³/mol. The van der Waals surface area contributed by atoms with Crippen LogP contribution in [0.25, 0.3) is 88.9 Å². The molecule has 0 saturated heterocycles. The Labute approximate surface area is 404 Å². The average molecular weight is 1040 g/mol. The van der Waals surface area contributed by atoms with E-state index in [9.17, 15) is 0 Å². The van der Waals surface area contributed by atoms with Gasteiger partial charge in [0.2, 0.25) is 0 Å². The molecular formula is C62H41N4Pt-. The van der Waals surface area contributed by atoms with E-state index in [4.69, 9.17) is 4.98 Å². The van der Waals surface area contributed by atoms with Crippen LogP contribution in [0.5, 0.6) is 0 Å². The Morgan fingerprint density at radius 3 is 1.73 bits per heavy atom. The second-order valence-electron chi connectivity index (χ2n) is 17.2. The molecule has 4 nitrogen and oxygen atoms in total. The van der Waals surface area contributed by atoms with Gasteiger partial charge in [-0.1, -0.05) is 157 Å². The van der Waals surface area contributed by atoms with Crippen LogP contribution in [-0.4, -0.2) is 18.7 Å². The smallest absolute Gasteiger partial charge is 0.188 e. The van der Waals surface area contributed by atoms with Crippen molar-refractivity contribution in [3.05, 3.63) is 265 Å². The zero-order valence-corrected chi connectivity index (χ0v) is 38.8. The van der Waals surface area contributed by atoms with E-state index in [1.54, 1.807) is 0 Å². The fraction of sp³-hybridized carbons (Fsp3) is 0.0323. The number of aromatic nitrogens is 4.